The van der Waals surface area contributed by atoms with Crippen molar-refractivity contribution in [3.05, 3.63) is 46.0 Å². The number of hydrogen-bond acceptors (Lipinski definition) is 8. The molecule has 1 N–H and O–H groups in total. The molecule has 38 heavy (non-hydrogen) atoms. The van der Waals surface area contributed by atoms with Crippen LogP contribution in [0.3, 0.4) is 0 Å². The average Bonchev–Trinajstić information content (AvgIpc) is 3.35. The molecule has 0 saturated carbocycles. The normalized spacial score (nSPS) is 17.5. The Morgan fingerprint density at radius 1 is 1.26 bits per heavy atom. The molecule has 1 heterocycles. The Morgan fingerprint density at radius 3 is 2.71 bits per heavy atom. The van der Waals surface area contributed by atoms with Crippen LogP contribution in [-0.2, 0) is 4.74 Å². The van der Waals surface area contributed by atoms with E-state index in [1.165, 1.54) is 22.5 Å². The number of allylic oxidation sites excluding steroid dienone is 3. The van der Waals surface area contributed by atoms with Gasteiger partial charge in [-0.15, -0.1) is 10.2 Å². The molecule has 1 atom stereocenters. The molecule has 8 nitrogen and oxygen atoms in total. The first kappa shape index (κ1) is 27.8. The molecule has 1 aromatic carbocycles. The molecule has 0 spiro atoms. The number of nitriles is 1. The van der Waals surface area contributed by atoms with Crippen molar-refractivity contribution in [1.29, 1.82) is 5.26 Å². The SMILES string of the molecule is CC(C)Oc1ccc(-c2nnc(C3=CCCC4=C3CCC[C@H]4N(CCO)C(=O)OC(C)(C)C)s2)cc1C#N. The molecular formula is C29H36N4O4S. The van der Waals surface area contributed by atoms with Crippen LogP contribution in [0.5, 0.6) is 5.75 Å². The minimum absolute atomic E-state index is 0.0234. The van der Waals surface area contributed by atoms with Crippen LogP contribution in [0.2, 0.25) is 0 Å². The van der Waals surface area contributed by atoms with Crippen molar-refractivity contribution in [1.82, 2.24) is 15.1 Å². The molecule has 2 aliphatic rings. The quantitative estimate of drug-likeness (QED) is 0.454. The van der Waals surface area contributed by atoms with E-state index in [2.05, 4.69) is 22.3 Å². The van der Waals surface area contributed by atoms with Gasteiger partial charge in [-0.2, -0.15) is 5.26 Å². The van der Waals surface area contributed by atoms with Gasteiger partial charge in [-0.3, -0.25) is 4.90 Å². The summed E-state index contributed by atoms with van der Waals surface area (Å²) in [6.45, 7) is 9.53. The molecule has 202 valence electrons. The highest BCUT2D eigenvalue weighted by Crippen LogP contribution is 2.44. The van der Waals surface area contributed by atoms with E-state index < -0.39 is 11.7 Å². The van der Waals surface area contributed by atoms with Gasteiger partial charge < -0.3 is 14.6 Å². The lowest BCUT2D eigenvalue weighted by molar-refractivity contribution is 0.0138. The van der Waals surface area contributed by atoms with Crippen molar-refractivity contribution in [3.63, 3.8) is 0 Å². The standard InChI is InChI=1S/C29H36N4O4S/c1-18(2)36-25-13-12-19(16-20(25)17-30)26-31-32-27(38-26)23-10-6-9-22-21(23)8-7-11-24(22)33(14-15-34)28(35)37-29(3,4)5/h10,12-13,16,18,24,34H,6-9,11,14-15H2,1-5H3/t24-/m1/s1. The van der Waals surface area contributed by atoms with E-state index in [1.54, 1.807) is 11.0 Å². The first-order valence-electron chi connectivity index (χ1n) is 13.2. The van der Waals surface area contributed by atoms with Crippen LogP contribution < -0.4 is 4.74 Å². The van der Waals surface area contributed by atoms with Crippen molar-refractivity contribution in [2.45, 2.75) is 84.5 Å². The van der Waals surface area contributed by atoms with Gasteiger partial charge in [0.2, 0.25) is 0 Å². The molecule has 0 saturated heterocycles. The Morgan fingerprint density at radius 2 is 2.03 bits per heavy atom. The number of nitrogens with zero attached hydrogens (tertiary/aromatic N) is 4. The Bertz CT molecular complexity index is 1280. The minimum Gasteiger partial charge on any atom is -0.490 e. The Hall–Kier alpha value is -3.22. The van der Waals surface area contributed by atoms with Gasteiger partial charge >= 0.3 is 6.09 Å². The second-order valence-corrected chi connectivity index (χ2v) is 11.8. The molecule has 2 aromatic rings. The highest BCUT2D eigenvalue weighted by atomic mass is 32.1. The van der Waals surface area contributed by atoms with Crippen molar-refractivity contribution >= 4 is 23.0 Å². The van der Waals surface area contributed by atoms with E-state index in [9.17, 15) is 15.2 Å². The van der Waals surface area contributed by atoms with Gasteiger partial charge in [-0.25, -0.2) is 4.79 Å². The maximum absolute atomic E-state index is 13.1. The highest BCUT2D eigenvalue weighted by molar-refractivity contribution is 7.15. The summed E-state index contributed by atoms with van der Waals surface area (Å²) < 4.78 is 11.4. The van der Waals surface area contributed by atoms with Crippen LogP contribution in [0, 0.1) is 11.3 Å². The van der Waals surface area contributed by atoms with Gasteiger partial charge in [0.25, 0.3) is 0 Å². The molecule has 1 aromatic heterocycles. The number of ether oxygens (including phenoxy) is 2. The molecule has 0 fully saturated rings. The zero-order chi connectivity index (χ0) is 27.4. The molecule has 9 heteroatoms. The molecule has 1 amide bonds. The number of aliphatic hydroxyl groups excluding tert-OH is 1. The molecule has 4 rings (SSSR count). The summed E-state index contributed by atoms with van der Waals surface area (Å²) in [5.41, 5.74) is 4.21. The summed E-state index contributed by atoms with van der Waals surface area (Å²) in [4.78, 5) is 14.8. The van der Waals surface area contributed by atoms with E-state index in [-0.39, 0.29) is 25.3 Å². The summed E-state index contributed by atoms with van der Waals surface area (Å²) in [6, 6.07) is 7.63. The summed E-state index contributed by atoms with van der Waals surface area (Å²) in [7, 11) is 0. The second-order valence-electron chi connectivity index (χ2n) is 10.9. The Labute approximate surface area is 228 Å². The molecule has 0 bridgehead atoms. The number of benzene rings is 1. The lowest BCUT2D eigenvalue weighted by atomic mass is 9.78. The van der Waals surface area contributed by atoms with E-state index >= 15 is 0 Å². The number of amides is 1. The fraction of sp³-hybridized carbons (Fsp3) is 0.517. The fourth-order valence-corrected chi connectivity index (χ4v) is 5.96. The van der Waals surface area contributed by atoms with E-state index in [0.717, 1.165) is 53.3 Å². The zero-order valence-electron chi connectivity index (χ0n) is 22.8. The number of hydrogen-bond donors (Lipinski definition) is 1. The third kappa shape index (κ3) is 6.25. The summed E-state index contributed by atoms with van der Waals surface area (Å²) >= 11 is 1.50. The largest absolute Gasteiger partial charge is 0.490 e. The van der Waals surface area contributed by atoms with Gasteiger partial charge in [-0.05, 0) is 96.1 Å². The number of aliphatic hydroxyl groups is 1. The first-order chi connectivity index (χ1) is 18.1. The van der Waals surface area contributed by atoms with Crippen LogP contribution in [0.15, 0.2) is 35.4 Å². The number of rotatable bonds is 7. The minimum atomic E-state index is -0.609. The molecular weight excluding hydrogens is 500 g/mol. The van der Waals surface area contributed by atoms with E-state index in [1.807, 2.05) is 46.8 Å². The van der Waals surface area contributed by atoms with Crippen molar-refractivity contribution in [2.24, 2.45) is 0 Å². The topological polar surface area (TPSA) is 109 Å². The molecule has 0 radical (unpaired) electrons. The van der Waals surface area contributed by atoms with Crippen molar-refractivity contribution in [3.8, 4) is 22.4 Å². The maximum Gasteiger partial charge on any atom is 0.410 e. The van der Waals surface area contributed by atoms with Gasteiger partial charge in [0.05, 0.1) is 24.3 Å². The lowest BCUT2D eigenvalue weighted by Gasteiger charge is -2.39. The van der Waals surface area contributed by atoms with Crippen molar-refractivity contribution < 1.29 is 19.4 Å². The first-order valence-corrected chi connectivity index (χ1v) is 14.0. The molecule has 2 aliphatic carbocycles. The van der Waals surface area contributed by atoms with Crippen LogP contribution in [0.25, 0.3) is 16.1 Å². The Balaban J connectivity index is 1.63. The van der Waals surface area contributed by atoms with Crippen LogP contribution >= 0.6 is 11.3 Å². The van der Waals surface area contributed by atoms with Crippen LogP contribution in [0.1, 0.15) is 77.3 Å². The highest BCUT2D eigenvalue weighted by Gasteiger charge is 2.35. The third-order valence-corrected chi connectivity index (χ3v) is 7.50. The maximum atomic E-state index is 13.1. The monoisotopic (exact) mass is 536 g/mol. The average molecular weight is 537 g/mol. The van der Waals surface area contributed by atoms with Crippen LogP contribution in [-0.4, -0.2) is 57.2 Å². The van der Waals surface area contributed by atoms with E-state index in [4.69, 9.17) is 9.47 Å². The van der Waals surface area contributed by atoms with E-state index in [0.29, 0.717) is 11.3 Å². The van der Waals surface area contributed by atoms with Gasteiger partial charge in [-0.1, -0.05) is 17.4 Å². The predicted molar refractivity (Wildman–Crippen MR) is 148 cm³/mol. The predicted octanol–water partition coefficient (Wildman–Crippen LogP) is 6.12. The summed E-state index contributed by atoms with van der Waals surface area (Å²) in [5.74, 6) is 0.562. The summed E-state index contributed by atoms with van der Waals surface area (Å²) in [5, 5.41) is 29.9. The van der Waals surface area contributed by atoms with Gasteiger partial charge in [0.1, 0.15) is 27.4 Å². The molecule has 0 aliphatic heterocycles. The number of carbonyl (C=O) groups excluding carboxylic acids is 1. The number of aromatic nitrogens is 2. The van der Waals surface area contributed by atoms with Crippen LogP contribution in [0.4, 0.5) is 4.79 Å². The molecule has 0 unspecified atom stereocenters. The Kier molecular flexibility index (Phi) is 8.54. The van der Waals surface area contributed by atoms with Crippen molar-refractivity contribution in [2.75, 3.05) is 13.2 Å². The third-order valence-electron chi connectivity index (χ3n) is 6.49. The summed E-state index contributed by atoms with van der Waals surface area (Å²) in [6.07, 6.45) is 6.20. The smallest absolute Gasteiger partial charge is 0.410 e. The number of carbonyl (C=O) groups is 1. The zero-order valence-corrected chi connectivity index (χ0v) is 23.6. The van der Waals surface area contributed by atoms with Gasteiger partial charge in [0, 0.05) is 17.7 Å². The fourth-order valence-electron chi connectivity index (χ4n) is 5.05. The second kappa shape index (κ2) is 11.7. The lowest BCUT2D eigenvalue weighted by Crippen LogP contribution is -2.47. The van der Waals surface area contributed by atoms with Gasteiger partial charge in [0.15, 0.2) is 0 Å².